The summed E-state index contributed by atoms with van der Waals surface area (Å²) in [5.74, 6) is 1.31. The van der Waals surface area contributed by atoms with Crippen LogP contribution in [0.15, 0.2) is 29.6 Å². The minimum absolute atomic E-state index is 0.0550. The number of benzene rings is 1. The molecule has 6 heteroatoms. The fourth-order valence-corrected chi connectivity index (χ4v) is 4.32. The van der Waals surface area contributed by atoms with Gasteiger partial charge >= 0.3 is 0 Å². The Morgan fingerprint density at radius 2 is 2.24 bits per heavy atom. The molecule has 3 heterocycles. The van der Waals surface area contributed by atoms with E-state index in [2.05, 4.69) is 16.9 Å². The Kier molecular flexibility index (Phi) is 4.53. The first-order valence-electron chi connectivity index (χ1n) is 8.93. The van der Waals surface area contributed by atoms with E-state index in [1.165, 1.54) is 0 Å². The number of piperidine rings is 1. The van der Waals surface area contributed by atoms with Crippen molar-refractivity contribution < 1.29 is 4.79 Å². The number of para-hydroxylation sites is 2. The van der Waals surface area contributed by atoms with Gasteiger partial charge in [0.25, 0.3) is 5.91 Å². The van der Waals surface area contributed by atoms with E-state index in [0.717, 1.165) is 54.1 Å². The molecule has 0 spiro atoms. The predicted octanol–water partition coefficient (Wildman–Crippen LogP) is 3.99. The van der Waals surface area contributed by atoms with Gasteiger partial charge in [-0.15, -0.1) is 11.3 Å². The Morgan fingerprint density at radius 3 is 3.08 bits per heavy atom. The maximum Gasteiger partial charge on any atom is 0.273 e. The quantitative estimate of drug-likeness (QED) is 0.770. The number of carbonyl (C=O) groups excluding carboxylic acids is 1. The number of aromatic nitrogens is 3. The van der Waals surface area contributed by atoms with Gasteiger partial charge in [-0.2, -0.15) is 0 Å². The van der Waals surface area contributed by atoms with E-state index in [4.69, 9.17) is 4.98 Å². The van der Waals surface area contributed by atoms with Crippen LogP contribution in [0.4, 0.5) is 0 Å². The zero-order valence-electron chi connectivity index (χ0n) is 14.4. The Balaban J connectivity index is 1.50. The van der Waals surface area contributed by atoms with Gasteiger partial charge in [0.2, 0.25) is 0 Å². The lowest BCUT2D eigenvalue weighted by molar-refractivity contribution is 0.0699. The first kappa shape index (κ1) is 16.3. The molecule has 2 aromatic heterocycles. The van der Waals surface area contributed by atoms with Gasteiger partial charge < -0.3 is 9.88 Å². The number of aromatic amines is 1. The summed E-state index contributed by atoms with van der Waals surface area (Å²) in [5, 5.41) is 2.95. The summed E-state index contributed by atoms with van der Waals surface area (Å²) in [6.45, 7) is 3.64. The number of H-pyrrole nitrogens is 1. The Labute approximate surface area is 151 Å². The second-order valence-corrected chi connectivity index (χ2v) is 7.55. The van der Waals surface area contributed by atoms with Crippen molar-refractivity contribution in [3.8, 4) is 0 Å². The number of thiazole rings is 1. The smallest absolute Gasteiger partial charge is 0.273 e. The van der Waals surface area contributed by atoms with Gasteiger partial charge in [-0.3, -0.25) is 4.79 Å². The number of hydrogen-bond donors (Lipinski definition) is 1. The Hall–Kier alpha value is -2.21. The molecule has 3 aromatic rings. The molecular weight excluding hydrogens is 332 g/mol. The van der Waals surface area contributed by atoms with Crippen LogP contribution in [-0.4, -0.2) is 38.8 Å². The van der Waals surface area contributed by atoms with Crippen molar-refractivity contribution in [2.24, 2.45) is 0 Å². The summed E-state index contributed by atoms with van der Waals surface area (Å²) in [6.07, 6.45) is 4.06. The van der Waals surface area contributed by atoms with Crippen LogP contribution in [0.5, 0.6) is 0 Å². The zero-order valence-corrected chi connectivity index (χ0v) is 15.2. The van der Waals surface area contributed by atoms with Crippen LogP contribution in [0.3, 0.4) is 0 Å². The van der Waals surface area contributed by atoms with Crippen molar-refractivity contribution in [3.63, 3.8) is 0 Å². The molecule has 130 valence electrons. The molecule has 1 aromatic carbocycles. The summed E-state index contributed by atoms with van der Waals surface area (Å²) >= 11 is 1.59. The third kappa shape index (κ3) is 3.31. The molecule has 1 saturated heterocycles. The number of rotatable bonds is 4. The Bertz CT molecular complexity index is 851. The van der Waals surface area contributed by atoms with Gasteiger partial charge in [0.15, 0.2) is 0 Å². The third-order valence-electron chi connectivity index (χ3n) is 4.74. The summed E-state index contributed by atoms with van der Waals surface area (Å²) in [6, 6.07) is 8.07. The molecule has 1 N–H and O–H groups in total. The highest BCUT2D eigenvalue weighted by Crippen LogP contribution is 2.27. The second kappa shape index (κ2) is 6.96. The molecule has 1 fully saturated rings. The molecular formula is C19H22N4OS. The SMILES string of the molecule is CCCc1nc(C(=O)N2CCC[C@H](c3nc4ccccc4[nH]3)C2)cs1. The lowest BCUT2D eigenvalue weighted by Gasteiger charge is -2.31. The molecule has 1 atom stereocenters. The van der Waals surface area contributed by atoms with Crippen molar-refractivity contribution in [2.45, 2.75) is 38.5 Å². The van der Waals surface area contributed by atoms with E-state index in [9.17, 15) is 4.79 Å². The second-order valence-electron chi connectivity index (χ2n) is 6.61. The number of amides is 1. The van der Waals surface area contributed by atoms with Gasteiger partial charge in [0.05, 0.1) is 16.0 Å². The molecule has 5 nitrogen and oxygen atoms in total. The molecule has 0 radical (unpaired) electrons. The molecule has 25 heavy (non-hydrogen) atoms. The largest absolute Gasteiger partial charge is 0.342 e. The summed E-state index contributed by atoms with van der Waals surface area (Å²) < 4.78 is 0. The molecule has 1 aliphatic heterocycles. The summed E-state index contributed by atoms with van der Waals surface area (Å²) in [7, 11) is 0. The minimum Gasteiger partial charge on any atom is -0.342 e. The molecule has 0 unspecified atom stereocenters. The predicted molar refractivity (Wildman–Crippen MR) is 100 cm³/mol. The van der Waals surface area contributed by atoms with Crippen molar-refractivity contribution in [2.75, 3.05) is 13.1 Å². The standard InChI is InChI=1S/C19H22N4OS/c1-2-6-17-20-16(12-25-17)19(24)23-10-5-7-13(11-23)18-21-14-8-3-4-9-15(14)22-18/h3-4,8-9,12-13H,2,5-7,10-11H2,1H3,(H,21,22)/t13-/m0/s1. The van der Waals surface area contributed by atoms with Crippen LogP contribution in [0.25, 0.3) is 11.0 Å². The number of carbonyl (C=O) groups is 1. The molecule has 1 aliphatic rings. The van der Waals surface area contributed by atoms with Crippen molar-refractivity contribution in [1.29, 1.82) is 0 Å². The lowest BCUT2D eigenvalue weighted by Crippen LogP contribution is -2.39. The number of hydrogen-bond acceptors (Lipinski definition) is 4. The highest BCUT2D eigenvalue weighted by Gasteiger charge is 2.28. The maximum atomic E-state index is 12.8. The normalized spacial score (nSPS) is 18.0. The van der Waals surface area contributed by atoms with Crippen molar-refractivity contribution in [1.82, 2.24) is 19.9 Å². The van der Waals surface area contributed by atoms with Crippen LogP contribution in [0, 0.1) is 0 Å². The first-order chi connectivity index (χ1) is 12.2. The zero-order chi connectivity index (χ0) is 17.2. The molecule has 1 amide bonds. The highest BCUT2D eigenvalue weighted by molar-refractivity contribution is 7.09. The van der Waals surface area contributed by atoms with Gasteiger partial charge in [-0.25, -0.2) is 9.97 Å². The monoisotopic (exact) mass is 354 g/mol. The third-order valence-corrected chi connectivity index (χ3v) is 5.65. The van der Waals surface area contributed by atoms with Crippen LogP contribution in [0.1, 0.15) is 53.4 Å². The number of imidazole rings is 1. The minimum atomic E-state index is 0.0550. The Morgan fingerprint density at radius 1 is 1.36 bits per heavy atom. The van der Waals surface area contributed by atoms with E-state index in [0.29, 0.717) is 12.2 Å². The average Bonchev–Trinajstić information content (AvgIpc) is 3.28. The van der Waals surface area contributed by atoms with E-state index in [1.54, 1.807) is 11.3 Å². The van der Waals surface area contributed by atoms with E-state index in [-0.39, 0.29) is 11.8 Å². The van der Waals surface area contributed by atoms with Crippen LogP contribution in [-0.2, 0) is 6.42 Å². The summed E-state index contributed by atoms with van der Waals surface area (Å²) in [5.41, 5.74) is 2.65. The average molecular weight is 354 g/mol. The van der Waals surface area contributed by atoms with Gasteiger partial charge in [-0.1, -0.05) is 19.1 Å². The van der Waals surface area contributed by atoms with Crippen LogP contribution >= 0.6 is 11.3 Å². The van der Waals surface area contributed by atoms with Gasteiger partial charge in [0.1, 0.15) is 11.5 Å². The maximum absolute atomic E-state index is 12.8. The van der Waals surface area contributed by atoms with Crippen LogP contribution in [0.2, 0.25) is 0 Å². The van der Waals surface area contributed by atoms with Gasteiger partial charge in [-0.05, 0) is 37.8 Å². The number of likely N-dealkylation sites (tertiary alicyclic amines) is 1. The molecule has 0 aliphatic carbocycles. The highest BCUT2D eigenvalue weighted by atomic mass is 32.1. The van der Waals surface area contributed by atoms with Crippen molar-refractivity contribution in [3.05, 3.63) is 46.2 Å². The molecule has 0 saturated carbocycles. The number of fused-ring (bicyclic) bond motifs is 1. The van der Waals surface area contributed by atoms with E-state index >= 15 is 0 Å². The van der Waals surface area contributed by atoms with E-state index < -0.39 is 0 Å². The number of nitrogens with one attached hydrogen (secondary N) is 1. The first-order valence-corrected chi connectivity index (χ1v) is 9.81. The van der Waals surface area contributed by atoms with Gasteiger partial charge in [0, 0.05) is 24.4 Å². The fraction of sp³-hybridized carbons (Fsp3) is 0.421. The number of nitrogens with zero attached hydrogens (tertiary/aromatic N) is 3. The van der Waals surface area contributed by atoms with Crippen molar-refractivity contribution >= 4 is 28.3 Å². The molecule has 4 rings (SSSR count). The van der Waals surface area contributed by atoms with E-state index in [1.807, 2.05) is 34.5 Å². The topological polar surface area (TPSA) is 61.9 Å². The number of aryl methyl sites for hydroxylation is 1. The lowest BCUT2D eigenvalue weighted by atomic mass is 9.97. The molecule has 0 bridgehead atoms. The van der Waals surface area contributed by atoms with Crippen LogP contribution < -0.4 is 0 Å². The summed E-state index contributed by atoms with van der Waals surface area (Å²) in [4.78, 5) is 27.4. The fourth-order valence-electron chi connectivity index (χ4n) is 3.45.